The summed E-state index contributed by atoms with van der Waals surface area (Å²) in [7, 11) is 0. The number of halogens is 2. The van der Waals surface area contributed by atoms with Crippen LogP contribution in [0.1, 0.15) is 52.4 Å². The average molecular weight is 534 g/mol. The van der Waals surface area contributed by atoms with E-state index in [4.69, 9.17) is 32.7 Å². The fraction of sp³-hybridized carbons (Fsp3) is 0.200. The number of rotatable bonds is 6. The van der Waals surface area contributed by atoms with E-state index in [1.807, 2.05) is 49.4 Å². The molecule has 0 saturated heterocycles. The molecule has 0 bridgehead atoms. The van der Waals surface area contributed by atoms with Gasteiger partial charge in [-0.1, -0.05) is 77.3 Å². The minimum Gasteiger partial charge on any atom is -0.486 e. The SMILES string of the molecule is CCOC(=O)C1=C(C)NC2=C(C(=O)c3ccccc32)[C@@H]1c1cc(Cl)c(OCc2ccc(C)cc2)c(Cl)c1. The molecule has 1 atom stereocenters. The van der Waals surface area contributed by atoms with Gasteiger partial charge in [-0.15, -0.1) is 0 Å². The van der Waals surface area contributed by atoms with Crippen molar-refractivity contribution in [3.8, 4) is 5.75 Å². The van der Waals surface area contributed by atoms with Crippen molar-refractivity contribution in [3.05, 3.63) is 115 Å². The Bertz CT molecular complexity index is 1460. The maximum absolute atomic E-state index is 13.6. The van der Waals surface area contributed by atoms with Gasteiger partial charge in [0.2, 0.25) is 0 Å². The number of ether oxygens (including phenoxy) is 2. The van der Waals surface area contributed by atoms with Crippen molar-refractivity contribution in [2.45, 2.75) is 33.3 Å². The van der Waals surface area contributed by atoms with Crippen LogP contribution in [0.3, 0.4) is 0 Å². The number of ketones is 1. The standard InChI is InChI=1S/C30H25Cl2NO4/c1-4-36-30(35)24-17(3)33-27-20-7-5-6-8-21(20)28(34)26(27)25(24)19-13-22(31)29(23(32)14-19)37-15-18-11-9-16(2)10-12-18/h5-14,25,33H,4,15H2,1-3H3/t25-/m1/s1. The summed E-state index contributed by atoms with van der Waals surface area (Å²) < 4.78 is 11.4. The Balaban J connectivity index is 1.57. The van der Waals surface area contributed by atoms with Crippen molar-refractivity contribution < 1.29 is 19.1 Å². The number of carbonyl (C=O) groups is 2. The molecule has 0 unspecified atom stereocenters. The normalized spacial score (nSPS) is 16.4. The molecule has 0 fully saturated rings. The van der Waals surface area contributed by atoms with E-state index in [0.717, 1.165) is 16.7 Å². The molecular weight excluding hydrogens is 509 g/mol. The Kier molecular flexibility index (Phi) is 6.84. The fourth-order valence-electron chi connectivity index (χ4n) is 4.87. The molecular formula is C30H25Cl2NO4. The van der Waals surface area contributed by atoms with Gasteiger partial charge in [-0.05, 0) is 44.0 Å². The second-order valence-electron chi connectivity index (χ2n) is 9.07. The van der Waals surface area contributed by atoms with Crippen molar-refractivity contribution in [1.82, 2.24) is 5.32 Å². The number of benzene rings is 3. The molecule has 188 valence electrons. The largest absolute Gasteiger partial charge is 0.486 e. The van der Waals surface area contributed by atoms with Gasteiger partial charge in [0.1, 0.15) is 6.61 Å². The molecule has 5 nitrogen and oxygen atoms in total. The smallest absolute Gasteiger partial charge is 0.336 e. The van der Waals surface area contributed by atoms with E-state index in [1.54, 1.807) is 32.0 Å². The van der Waals surface area contributed by atoms with Gasteiger partial charge in [0.05, 0.1) is 27.9 Å². The molecule has 1 aliphatic carbocycles. The van der Waals surface area contributed by atoms with Crippen LogP contribution in [0.5, 0.6) is 5.75 Å². The first-order valence-corrected chi connectivity index (χ1v) is 12.8. The quantitative estimate of drug-likeness (QED) is 0.345. The van der Waals surface area contributed by atoms with Crippen molar-refractivity contribution in [3.63, 3.8) is 0 Å². The van der Waals surface area contributed by atoms with Crippen LogP contribution < -0.4 is 10.1 Å². The first-order valence-electron chi connectivity index (χ1n) is 12.0. The van der Waals surface area contributed by atoms with Gasteiger partial charge in [0.25, 0.3) is 0 Å². The summed E-state index contributed by atoms with van der Waals surface area (Å²) in [4.78, 5) is 26.7. The van der Waals surface area contributed by atoms with Crippen LogP contribution in [0.2, 0.25) is 10.0 Å². The third-order valence-electron chi connectivity index (χ3n) is 6.60. The van der Waals surface area contributed by atoms with Crippen molar-refractivity contribution in [2.24, 2.45) is 0 Å². The maximum Gasteiger partial charge on any atom is 0.336 e. The minimum atomic E-state index is -0.712. The molecule has 1 N–H and O–H groups in total. The highest BCUT2D eigenvalue weighted by Crippen LogP contribution is 2.48. The topological polar surface area (TPSA) is 64.6 Å². The van der Waals surface area contributed by atoms with Gasteiger partial charge in [0.15, 0.2) is 11.5 Å². The molecule has 1 heterocycles. The predicted octanol–water partition coefficient (Wildman–Crippen LogP) is 7.01. The summed E-state index contributed by atoms with van der Waals surface area (Å²) in [5.74, 6) is -1.02. The highest BCUT2D eigenvalue weighted by molar-refractivity contribution is 6.37. The zero-order valence-corrected chi connectivity index (χ0v) is 22.2. The number of Topliss-reactive ketones (excluding diaryl/α,β-unsaturated/α-hetero) is 1. The van der Waals surface area contributed by atoms with Gasteiger partial charge in [-0.3, -0.25) is 4.79 Å². The third kappa shape index (κ3) is 4.54. The Morgan fingerprint density at radius 1 is 0.973 bits per heavy atom. The second kappa shape index (κ2) is 10.1. The molecule has 5 rings (SSSR count). The van der Waals surface area contributed by atoms with Crippen LogP contribution in [-0.2, 0) is 16.1 Å². The highest BCUT2D eigenvalue weighted by atomic mass is 35.5. The number of fused-ring (bicyclic) bond motifs is 2. The van der Waals surface area contributed by atoms with Crippen LogP contribution in [0.4, 0.5) is 0 Å². The van der Waals surface area contributed by atoms with Crippen molar-refractivity contribution >= 4 is 40.7 Å². The summed E-state index contributed by atoms with van der Waals surface area (Å²) in [6.07, 6.45) is 0. The first kappa shape index (κ1) is 25.1. The van der Waals surface area contributed by atoms with E-state index in [0.29, 0.717) is 56.1 Å². The van der Waals surface area contributed by atoms with Gasteiger partial charge in [0, 0.05) is 28.3 Å². The fourth-order valence-corrected chi connectivity index (χ4v) is 5.48. The van der Waals surface area contributed by atoms with E-state index < -0.39 is 11.9 Å². The number of carbonyl (C=O) groups excluding carboxylic acids is 2. The Morgan fingerprint density at radius 2 is 1.62 bits per heavy atom. The lowest BCUT2D eigenvalue weighted by Crippen LogP contribution is -2.29. The van der Waals surface area contributed by atoms with Crippen LogP contribution >= 0.6 is 23.2 Å². The van der Waals surface area contributed by atoms with Crippen LogP contribution in [0.15, 0.2) is 77.5 Å². The Hall–Kier alpha value is -3.54. The van der Waals surface area contributed by atoms with Crippen molar-refractivity contribution in [1.29, 1.82) is 0 Å². The van der Waals surface area contributed by atoms with E-state index in [1.165, 1.54) is 0 Å². The third-order valence-corrected chi connectivity index (χ3v) is 7.16. The summed E-state index contributed by atoms with van der Waals surface area (Å²) in [6, 6.07) is 18.8. The van der Waals surface area contributed by atoms with E-state index in [-0.39, 0.29) is 12.4 Å². The van der Waals surface area contributed by atoms with Crippen LogP contribution in [-0.4, -0.2) is 18.4 Å². The first-order chi connectivity index (χ1) is 17.8. The van der Waals surface area contributed by atoms with Gasteiger partial charge >= 0.3 is 5.97 Å². The van der Waals surface area contributed by atoms with Crippen LogP contribution in [0, 0.1) is 6.92 Å². The Labute approximate surface area is 225 Å². The number of hydrogen-bond donors (Lipinski definition) is 1. The lowest BCUT2D eigenvalue weighted by molar-refractivity contribution is -0.138. The number of allylic oxidation sites excluding steroid dienone is 2. The number of aryl methyl sites for hydroxylation is 1. The zero-order valence-electron chi connectivity index (χ0n) is 20.7. The van der Waals surface area contributed by atoms with Gasteiger partial charge in [-0.25, -0.2) is 4.79 Å². The molecule has 0 amide bonds. The summed E-state index contributed by atoms with van der Waals surface area (Å²) in [5, 5.41) is 3.87. The van der Waals surface area contributed by atoms with Gasteiger partial charge < -0.3 is 14.8 Å². The molecule has 2 aliphatic rings. The molecule has 0 spiro atoms. The molecule has 7 heteroatoms. The molecule has 37 heavy (non-hydrogen) atoms. The summed E-state index contributed by atoms with van der Waals surface area (Å²) >= 11 is 13.4. The molecule has 0 saturated carbocycles. The summed E-state index contributed by atoms with van der Waals surface area (Å²) in [6.45, 7) is 6.07. The number of esters is 1. The maximum atomic E-state index is 13.6. The lowest BCUT2D eigenvalue weighted by atomic mass is 9.80. The molecule has 0 aromatic heterocycles. The predicted molar refractivity (Wildman–Crippen MR) is 145 cm³/mol. The molecule has 3 aromatic rings. The number of hydrogen-bond acceptors (Lipinski definition) is 5. The van der Waals surface area contributed by atoms with E-state index in [9.17, 15) is 9.59 Å². The monoisotopic (exact) mass is 533 g/mol. The van der Waals surface area contributed by atoms with E-state index >= 15 is 0 Å². The minimum absolute atomic E-state index is 0.149. The highest BCUT2D eigenvalue weighted by Gasteiger charge is 2.43. The molecule has 3 aromatic carbocycles. The van der Waals surface area contributed by atoms with E-state index in [2.05, 4.69) is 5.32 Å². The second-order valence-corrected chi connectivity index (χ2v) is 9.88. The average Bonchev–Trinajstić information content (AvgIpc) is 3.15. The van der Waals surface area contributed by atoms with Crippen molar-refractivity contribution in [2.75, 3.05) is 6.61 Å². The zero-order chi connectivity index (χ0) is 26.3. The van der Waals surface area contributed by atoms with Gasteiger partial charge in [-0.2, -0.15) is 0 Å². The van der Waals surface area contributed by atoms with Crippen LogP contribution in [0.25, 0.3) is 5.70 Å². The number of nitrogens with one attached hydrogen (secondary N) is 1. The number of dihydropyridines is 1. The molecule has 1 aliphatic heterocycles. The lowest BCUT2D eigenvalue weighted by Gasteiger charge is -2.29. The Morgan fingerprint density at radius 3 is 2.27 bits per heavy atom. The molecule has 0 radical (unpaired) electrons. The summed E-state index contributed by atoms with van der Waals surface area (Å²) in [5.41, 5.74) is 6.23.